The summed E-state index contributed by atoms with van der Waals surface area (Å²) in [6, 6.07) is 10.5. The molecule has 12 heteroatoms. The molecule has 1 aliphatic heterocycles. The second-order valence-corrected chi connectivity index (χ2v) is 8.55. The fourth-order valence-electron chi connectivity index (χ4n) is 3.60. The van der Waals surface area contributed by atoms with Gasteiger partial charge in [-0.3, -0.25) is 10.1 Å². The summed E-state index contributed by atoms with van der Waals surface area (Å²) in [6.07, 6.45) is 2.68. The maximum atomic E-state index is 14.1. The zero-order valence-electron chi connectivity index (χ0n) is 18.3. The number of carbonyl (C=O) groups excluding carboxylic acids is 1. The third kappa shape index (κ3) is 5.36. The molecule has 3 aromatic rings. The van der Waals surface area contributed by atoms with Crippen LogP contribution in [0.25, 0.3) is 17.4 Å². The van der Waals surface area contributed by atoms with Gasteiger partial charge in [-0.2, -0.15) is 0 Å². The van der Waals surface area contributed by atoms with Gasteiger partial charge in [0.25, 0.3) is 0 Å². The Kier molecular flexibility index (Phi) is 7.60. The Hall–Kier alpha value is -3.44. The number of nitrogens with one attached hydrogen (secondary N) is 1. The van der Waals surface area contributed by atoms with E-state index in [-0.39, 0.29) is 31.3 Å². The van der Waals surface area contributed by atoms with Crippen molar-refractivity contribution in [3.8, 4) is 11.3 Å². The number of hydrogen-bond acceptors (Lipinski definition) is 4. The number of piperazine rings is 1. The predicted molar refractivity (Wildman–Crippen MR) is 129 cm³/mol. The van der Waals surface area contributed by atoms with Crippen LogP contribution in [0, 0.1) is 29.1 Å². The van der Waals surface area contributed by atoms with E-state index in [2.05, 4.69) is 5.32 Å². The van der Waals surface area contributed by atoms with Gasteiger partial charge in [0.2, 0.25) is 11.7 Å². The molecule has 1 aliphatic rings. The van der Waals surface area contributed by atoms with E-state index in [9.17, 15) is 26.7 Å². The van der Waals surface area contributed by atoms with Crippen molar-refractivity contribution in [2.75, 3.05) is 31.1 Å². The molecule has 5 nitrogen and oxygen atoms in total. The van der Waals surface area contributed by atoms with Crippen LogP contribution >= 0.6 is 23.8 Å². The molecule has 1 fully saturated rings. The highest BCUT2D eigenvalue weighted by Gasteiger charge is 2.31. The number of amides is 1. The molecule has 2 heterocycles. The van der Waals surface area contributed by atoms with Gasteiger partial charge in [-0.15, -0.1) is 0 Å². The van der Waals surface area contributed by atoms with Crippen molar-refractivity contribution in [3.63, 3.8) is 0 Å². The van der Waals surface area contributed by atoms with Crippen LogP contribution in [0.3, 0.4) is 0 Å². The average molecular weight is 542 g/mol. The normalized spacial score (nSPS) is 13.9. The van der Waals surface area contributed by atoms with Crippen molar-refractivity contribution in [2.45, 2.75) is 0 Å². The predicted octanol–water partition coefficient (Wildman–Crippen LogP) is 5.53. The topological polar surface area (TPSA) is 48.7 Å². The summed E-state index contributed by atoms with van der Waals surface area (Å²) in [5, 5.41) is 3.16. The maximum absolute atomic E-state index is 14.1. The highest BCUT2D eigenvalue weighted by atomic mass is 35.5. The van der Waals surface area contributed by atoms with Gasteiger partial charge in [0.05, 0.1) is 0 Å². The smallest absolute Gasteiger partial charge is 0.250 e. The van der Waals surface area contributed by atoms with Crippen LogP contribution in [0.2, 0.25) is 5.02 Å². The number of halogens is 6. The van der Waals surface area contributed by atoms with E-state index in [0.717, 1.165) is 10.5 Å². The molecule has 1 N–H and O–H groups in total. The Morgan fingerprint density at radius 1 is 0.889 bits per heavy atom. The highest BCUT2D eigenvalue weighted by Crippen LogP contribution is 2.31. The maximum Gasteiger partial charge on any atom is 0.250 e. The average Bonchev–Trinajstić information content (AvgIpc) is 3.35. The summed E-state index contributed by atoms with van der Waals surface area (Å²) in [6.45, 7) is 0.0179. The molecule has 1 aromatic heterocycles. The van der Waals surface area contributed by atoms with Crippen molar-refractivity contribution in [1.82, 2.24) is 10.2 Å². The van der Waals surface area contributed by atoms with Gasteiger partial charge in [0.1, 0.15) is 17.2 Å². The second-order valence-electron chi connectivity index (χ2n) is 7.73. The lowest BCUT2D eigenvalue weighted by Crippen LogP contribution is -2.53. The van der Waals surface area contributed by atoms with E-state index < -0.39 is 40.7 Å². The zero-order valence-corrected chi connectivity index (χ0v) is 19.9. The number of benzene rings is 2. The standard InChI is InChI=1S/C24H17ClF5N3O2S/c25-14-3-1-13(2-4-14)16-7-5-15(35-16)6-8-17(34)31-24(36)33-11-9-32(10-12-33)23-21(29)19(27)18(26)20(28)22(23)30/h1-8H,9-12H2,(H,31,34,36)/b8-6+. The molecule has 0 bridgehead atoms. The minimum Gasteiger partial charge on any atom is -0.457 e. The van der Waals surface area contributed by atoms with Crippen LogP contribution in [-0.4, -0.2) is 42.1 Å². The number of furan rings is 1. The van der Waals surface area contributed by atoms with E-state index in [1.165, 1.54) is 12.2 Å². The molecule has 188 valence electrons. The second kappa shape index (κ2) is 10.7. The molecule has 36 heavy (non-hydrogen) atoms. The molecular weight excluding hydrogens is 525 g/mol. The van der Waals surface area contributed by atoms with Crippen molar-refractivity contribution in [1.29, 1.82) is 0 Å². The Morgan fingerprint density at radius 3 is 2.08 bits per heavy atom. The molecule has 0 atom stereocenters. The molecular formula is C24H17ClF5N3O2S. The lowest BCUT2D eigenvalue weighted by molar-refractivity contribution is -0.115. The van der Waals surface area contributed by atoms with E-state index >= 15 is 0 Å². The molecule has 0 saturated carbocycles. The first-order valence-electron chi connectivity index (χ1n) is 10.6. The van der Waals surface area contributed by atoms with Gasteiger partial charge in [-0.1, -0.05) is 11.6 Å². The molecule has 4 rings (SSSR count). The van der Waals surface area contributed by atoms with Crippen LogP contribution in [0.1, 0.15) is 5.76 Å². The van der Waals surface area contributed by atoms with E-state index in [1.807, 2.05) is 0 Å². The number of thiocarbonyl (C=S) groups is 1. The third-order valence-electron chi connectivity index (χ3n) is 5.45. The van der Waals surface area contributed by atoms with Crippen LogP contribution < -0.4 is 10.2 Å². The first-order valence-corrected chi connectivity index (χ1v) is 11.3. The summed E-state index contributed by atoms with van der Waals surface area (Å²) >= 11 is 11.1. The SMILES string of the molecule is O=C(/C=C/c1ccc(-c2ccc(Cl)cc2)o1)NC(=S)N1CCN(c2c(F)c(F)c(F)c(F)c2F)CC1. The lowest BCUT2D eigenvalue weighted by atomic mass is 10.2. The number of carbonyl (C=O) groups is 1. The largest absolute Gasteiger partial charge is 0.457 e. The first-order chi connectivity index (χ1) is 17.2. The van der Waals surface area contributed by atoms with Crippen molar-refractivity contribution in [2.24, 2.45) is 0 Å². The number of rotatable bonds is 4. The van der Waals surface area contributed by atoms with E-state index in [0.29, 0.717) is 16.5 Å². The number of nitrogens with zero attached hydrogens (tertiary/aromatic N) is 2. The Labute approximate surface area is 212 Å². The Bertz CT molecular complexity index is 1310. The van der Waals surface area contributed by atoms with Gasteiger partial charge < -0.3 is 14.2 Å². The van der Waals surface area contributed by atoms with Crippen LogP contribution in [0.15, 0.2) is 46.9 Å². The Morgan fingerprint density at radius 2 is 1.47 bits per heavy atom. The molecule has 1 saturated heterocycles. The fraction of sp³-hybridized carbons (Fsp3) is 0.167. The number of anilines is 1. The van der Waals surface area contributed by atoms with Crippen LogP contribution in [-0.2, 0) is 4.79 Å². The van der Waals surface area contributed by atoms with E-state index in [4.69, 9.17) is 28.2 Å². The molecule has 0 spiro atoms. The summed E-state index contributed by atoms with van der Waals surface area (Å²) in [5.41, 5.74) is -0.171. The number of hydrogen-bond donors (Lipinski definition) is 1. The van der Waals surface area contributed by atoms with Gasteiger partial charge >= 0.3 is 0 Å². The van der Waals surface area contributed by atoms with Crippen molar-refractivity contribution >= 4 is 46.6 Å². The quantitative estimate of drug-likeness (QED) is 0.155. The van der Waals surface area contributed by atoms with Crippen molar-refractivity contribution in [3.05, 3.63) is 82.3 Å². The summed E-state index contributed by atoms with van der Waals surface area (Å²) in [5.74, 6) is -9.51. The third-order valence-corrected chi connectivity index (χ3v) is 6.07. The van der Waals surface area contributed by atoms with Crippen LogP contribution in [0.4, 0.5) is 27.6 Å². The molecule has 1 amide bonds. The molecule has 0 unspecified atom stereocenters. The van der Waals surface area contributed by atoms with E-state index in [1.54, 1.807) is 41.3 Å². The highest BCUT2D eigenvalue weighted by molar-refractivity contribution is 7.80. The summed E-state index contributed by atoms with van der Waals surface area (Å²) < 4.78 is 74.2. The Balaban J connectivity index is 1.32. The van der Waals surface area contributed by atoms with Crippen LogP contribution in [0.5, 0.6) is 0 Å². The monoisotopic (exact) mass is 541 g/mol. The first kappa shape index (κ1) is 25.6. The minimum absolute atomic E-state index is 0.0583. The van der Waals surface area contributed by atoms with Gasteiger partial charge in [-0.05, 0) is 54.7 Å². The lowest BCUT2D eigenvalue weighted by Gasteiger charge is -2.37. The van der Waals surface area contributed by atoms with Gasteiger partial charge in [0.15, 0.2) is 28.4 Å². The molecule has 0 radical (unpaired) electrons. The van der Waals surface area contributed by atoms with Gasteiger partial charge in [0, 0.05) is 42.8 Å². The van der Waals surface area contributed by atoms with Gasteiger partial charge in [-0.25, -0.2) is 22.0 Å². The molecule has 0 aliphatic carbocycles. The van der Waals surface area contributed by atoms with Crippen molar-refractivity contribution < 1.29 is 31.2 Å². The molecule has 2 aromatic carbocycles. The summed E-state index contributed by atoms with van der Waals surface area (Å²) in [4.78, 5) is 14.9. The fourth-order valence-corrected chi connectivity index (χ4v) is 4.01. The summed E-state index contributed by atoms with van der Waals surface area (Å²) in [7, 11) is 0. The minimum atomic E-state index is -2.21. The zero-order chi connectivity index (χ0) is 26.0.